The minimum Gasteiger partial charge on any atom is -0.491 e. The Morgan fingerprint density at radius 1 is 0.535 bits per heavy atom. The van der Waals surface area contributed by atoms with Crippen LogP contribution in [0.2, 0.25) is 0 Å². The van der Waals surface area contributed by atoms with Crippen molar-refractivity contribution < 1.29 is 41.0 Å². The second kappa shape index (κ2) is 24.3. The molecule has 10 heteroatoms. The van der Waals surface area contributed by atoms with E-state index in [1.54, 1.807) is 12.1 Å². The molecular weight excluding hydrogens is 572 g/mol. The van der Waals surface area contributed by atoms with E-state index in [-0.39, 0.29) is 18.1 Å². The van der Waals surface area contributed by atoms with Crippen LogP contribution in [0.25, 0.3) is 0 Å². The molecule has 0 radical (unpaired) electrons. The van der Waals surface area contributed by atoms with Crippen LogP contribution in [-0.4, -0.2) is 87.7 Å². The average molecular weight is 625 g/mol. The highest BCUT2D eigenvalue weighted by Gasteiger charge is 2.14. The summed E-state index contributed by atoms with van der Waals surface area (Å²) >= 11 is 0. The minimum atomic E-state index is -3.76. The maximum atomic E-state index is 12.1. The van der Waals surface area contributed by atoms with E-state index in [1.165, 1.54) is 56.2 Å². The monoisotopic (exact) mass is 624 g/mol. The molecule has 0 amide bonds. The molecule has 0 aromatic heterocycles. The van der Waals surface area contributed by atoms with Crippen molar-refractivity contribution >= 4 is 10.1 Å². The summed E-state index contributed by atoms with van der Waals surface area (Å²) in [5.41, 5.74) is 2.35. The lowest BCUT2D eigenvalue weighted by molar-refractivity contribution is -0.0140. The maximum Gasteiger partial charge on any atom is 0.297 e. The fraction of sp³-hybridized carbons (Fsp3) is 0.636. The van der Waals surface area contributed by atoms with E-state index in [9.17, 15) is 8.42 Å². The van der Waals surface area contributed by atoms with Crippen molar-refractivity contribution in [1.82, 2.24) is 0 Å². The third-order valence-electron chi connectivity index (χ3n) is 6.50. The molecule has 2 aromatic rings. The molecule has 2 rings (SSSR count). The van der Waals surface area contributed by atoms with Crippen molar-refractivity contribution in [2.24, 2.45) is 0 Å². The van der Waals surface area contributed by atoms with Crippen LogP contribution >= 0.6 is 0 Å². The summed E-state index contributed by atoms with van der Waals surface area (Å²) in [5.74, 6) is 0.872. The Hall–Kier alpha value is -2.05. The Kier molecular flexibility index (Phi) is 21.0. The van der Waals surface area contributed by atoms with Crippen molar-refractivity contribution in [3.05, 3.63) is 59.7 Å². The van der Waals surface area contributed by atoms with Crippen LogP contribution in [-0.2, 0) is 44.4 Å². The van der Waals surface area contributed by atoms with Gasteiger partial charge in [0.15, 0.2) is 0 Å². The third-order valence-corrected chi connectivity index (χ3v) is 7.83. The van der Waals surface area contributed by atoms with E-state index in [0.29, 0.717) is 66.1 Å². The lowest BCUT2D eigenvalue weighted by atomic mass is 10.0. The predicted molar refractivity (Wildman–Crippen MR) is 167 cm³/mol. The van der Waals surface area contributed by atoms with Gasteiger partial charge in [0.25, 0.3) is 10.1 Å². The average Bonchev–Trinajstić information content (AvgIpc) is 3.01. The zero-order valence-corrected chi connectivity index (χ0v) is 27.0. The normalized spacial score (nSPS) is 11.7. The number of rotatable bonds is 28. The second-order valence-corrected chi connectivity index (χ2v) is 11.8. The molecule has 0 N–H and O–H groups in total. The number of ether oxygens (including phenoxy) is 6. The molecule has 43 heavy (non-hydrogen) atoms. The van der Waals surface area contributed by atoms with Crippen LogP contribution < -0.4 is 4.74 Å². The molecule has 0 saturated carbocycles. The smallest absolute Gasteiger partial charge is 0.297 e. The van der Waals surface area contributed by atoms with Crippen LogP contribution in [0, 0.1) is 6.92 Å². The topological polar surface area (TPSA) is 98.8 Å². The van der Waals surface area contributed by atoms with Gasteiger partial charge in [-0.05, 0) is 49.6 Å². The van der Waals surface area contributed by atoms with Gasteiger partial charge >= 0.3 is 0 Å². The predicted octanol–water partition coefficient (Wildman–Crippen LogP) is 5.77. The first kappa shape index (κ1) is 37.1. The first-order valence-electron chi connectivity index (χ1n) is 15.6. The van der Waals surface area contributed by atoms with Gasteiger partial charge in [-0.25, -0.2) is 0 Å². The van der Waals surface area contributed by atoms with E-state index in [4.69, 9.17) is 32.6 Å². The minimum absolute atomic E-state index is 0.0496. The molecule has 9 nitrogen and oxygen atoms in total. The van der Waals surface area contributed by atoms with E-state index in [0.717, 1.165) is 17.7 Å². The van der Waals surface area contributed by atoms with Crippen LogP contribution in [0.5, 0.6) is 5.75 Å². The molecule has 0 bridgehead atoms. The second-order valence-electron chi connectivity index (χ2n) is 10.2. The summed E-state index contributed by atoms with van der Waals surface area (Å²) in [7, 11) is -3.76. The molecule has 0 fully saturated rings. The number of benzene rings is 2. The fourth-order valence-electron chi connectivity index (χ4n) is 4.04. The van der Waals surface area contributed by atoms with Crippen LogP contribution in [0.3, 0.4) is 0 Å². The van der Waals surface area contributed by atoms with E-state index >= 15 is 0 Å². The lowest BCUT2D eigenvalue weighted by Gasteiger charge is -2.09. The van der Waals surface area contributed by atoms with Gasteiger partial charge in [0.05, 0.1) is 77.6 Å². The van der Waals surface area contributed by atoms with Gasteiger partial charge in [0.1, 0.15) is 12.4 Å². The molecule has 0 atom stereocenters. The van der Waals surface area contributed by atoms with Crippen molar-refractivity contribution in [1.29, 1.82) is 0 Å². The van der Waals surface area contributed by atoms with E-state index in [1.807, 2.05) is 19.1 Å². The molecule has 0 saturated heterocycles. The first-order chi connectivity index (χ1) is 21.0. The van der Waals surface area contributed by atoms with Gasteiger partial charge in [-0.15, -0.1) is 0 Å². The molecule has 0 heterocycles. The molecule has 0 spiro atoms. The SMILES string of the molecule is CCCCCCCCc1ccc(OCCOCCOCCOCCOCCOCCOS(=O)(=O)c2ccc(C)cc2)cc1. The molecule has 244 valence electrons. The number of unbranched alkanes of at least 4 members (excludes halogenated alkanes) is 5. The largest absolute Gasteiger partial charge is 0.491 e. The summed E-state index contributed by atoms with van der Waals surface area (Å²) in [6.45, 7) is 8.86. The molecule has 0 unspecified atom stereocenters. The number of hydrogen-bond donors (Lipinski definition) is 0. The number of hydrogen-bond acceptors (Lipinski definition) is 9. The Balaban J connectivity index is 1.29. The quantitative estimate of drug-likeness (QED) is 0.0864. The summed E-state index contributed by atoms with van der Waals surface area (Å²) < 4.78 is 62.2. The Morgan fingerprint density at radius 3 is 1.53 bits per heavy atom. The summed E-state index contributed by atoms with van der Waals surface area (Å²) in [4.78, 5) is 0.136. The summed E-state index contributed by atoms with van der Waals surface area (Å²) in [5, 5.41) is 0. The van der Waals surface area contributed by atoms with Gasteiger partial charge in [-0.2, -0.15) is 8.42 Å². The Labute approximate surface area is 259 Å². The molecule has 0 aliphatic heterocycles. The van der Waals surface area contributed by atoms with Crippen LogP contribution in [0.4, 0.5) is 0 Å². The van der Waals surface area contributed by atoms with Gasteiger partial charge in [-0.1, -0.05) is 68.9 Å². The highest BCUT2D eigenvalue weighted by atomic mass is 32.2. The van der Waals surface area contributed by atoms with Crippen molar-refractivity contribution in [3.63, 3.8) is 0 Å². The zero-order chi connectivity index (χ0) is 30.9. The third kappa shape index (κ3) is 19.1. The lowest BCUT2D eigenvalue weighted by Crippen LogP contribution is -2.15. The van der Waals surface area contributed by atoms with E-state index in [2.05, 4.69) is 19.1 Å². The first-order valence-corrected chi connectivity index (χ1v) is 17.0. The van der Waals surface area contributed by atoms with Gasteiger partial charge < -0.3 is 28.4 Å². The standard InChI is InChI=1S/C33H52O9S/c1-3-4-5-6-7-8-9-31-12-14-32(15-13-31)41-28-26-39-24-22-37-20-18-36-19-21-38-23-25-40-27-29-42-43(34,35)33-16-10-30(2)11-17-33/h10-17H,3-9,18-29H2,1-2H3. The Bertz CT molecular complexity index is 1030. The highest BCUT2D eigenvalue weighted by molar-refractivity contribution is 7.86. The number of aryl methyl sites for hydroxylation is 2. The molecule has 0 aliphatic carbocycles. The molecular formula is C33H52O9S. The van der Waals surface area contributed by atoms with Crippen molar-refractivity contribution in [2.45, 2.75) is 63.7 Å². The highest BCUT2D eigenvalue weighted by Crippen LogP contribution is 2.15. The fourth-order valence-corrected chi connectivity index (χ4v) is 4.93. The van der Waals surface area contributed by atoms with E-state index < -0.39 is 10.1 Å². The van der Waals surface area contributed by atoms with Crippen molar-refractivity contribution in [2.75, 3.05) is 79.3 Å². The van der Waals surface area contributed by atoms with Gasteiger partial charge in [0.2, 0.25) is 0 Å². The van der Waals surface area contributed by atoms with Crippen LogP contribution in [0.15, 0.2) is 53.4 Å². The maximum absolute atomic E-state index is 12.1. The Morgan fingerprint density at radius 2 is 1.00 bits per heavy atom. The summed E-state index contributed by atoms with van der Waals surface area (Å²) in [6, 6.07) is 14.9. The molecule has 0 aliphatic rings. The van der Waals surface area contributed by atoms with Gasteiger partial charge in [-0.3, -0.25) is 4.18 Å². The summed E-state index contributed by atoms with van der Waals surface area (Å²) in [6.07, 6.45) is 9.04. The van der Waals surface area contributed by atoms with Gasteiger partial charge in [0, 0.05) is 0 Å². The zero-order valence-electron chi connectivity index (χ0n) is 26.1. The molecule has 2 aromatic carbocycles. The van der Waals surface area contributed by atoms with Crippen molar-refractivity contribution in [3.8, 4) is 5.75 Å². The van der Waals surface area contributed by atoms with Crippen LogP contribution in [0.1, 0.15) is 56.6 Å².